The number of ether oxygens (including phenoxy) is 1. The Morgan fingerprint density at radius 2 is 1.79 bits per heavy atom. The van der Waals surface area contributed by atoms with Gasteiger partial charge < -0.3 is 10.5 Å². The molecule has 0 saturated heterocycles. The van der Waals surface area contributed by atoms with E-state index in [1.54, 1.807) is 12.1 Å². The number of carbonyl (C=O) groups is 1. The summed E-state index contributed by atoms with van der Waals surface area (Å²) in [6.45, 7) is 4.26. The fourth-order valence-corrected chi connectivity index (χ4v) is 5.62. The summed E-state index contributed by atoms with van der Waals surface area (Å²) in [5.41, 5.74) is 13.2. The molecule has 5 nitrogen and oxygen atoms in total. The molecule has 38 heavy (non-hydrogen) atoms. The van der Waals surface area contributed by atoms with Crippen molar-refractivity contribution in [1.82, 2.24) is 0 Å². The molecule has 0 aromatic heterocycles. The highest BCUT2D eigenvalue weighted by Crippen LogP contribution is 2.47. The van der Waals surface area contributed by atoms with Crippen molar-refractivity contribution in [3.63, 3.8) is 0 Å². The van der Waals surface area contributed by atoms with Gasteiger partial charge in [0.2, 0.25) is 0 Å². The van der Waals surface area contributed by atoms with Crippen LogP contribution in [0.3, 0.4) is 0 Å². The van der Waals surface area contributed by atoms with Crippen molar-refractivity contribution in [2.75, 3.05) is 4.90 Å². The Hall–Kier alpha value is -3.89. The number of ketones is 1. The Morgan fingerprint density at radius 3 is 2.47 bits per heavy atom. The van der Waals surface area contributed by atoms with Gasteiger partial charge in [-0.3, -0.25) is 9.69 Å². The SMILES string of the molecule is Cc1cc(C)c(C2C(C#N)=C(N)N(c3ccc(Br)cc3)C3=C2C(=O)CCC3)cc1COc1ccc(F)cc1. The van der Waals surface area contributed by atoms with Crippen molar-refractivity contribution in [2.45, 2.75) is 45.6 Å². The molecule has 192 valence electrons. The number of nitriles is 1. The van der Waals surface area contributed by atoms with Gasteiger partial charge >= 0.3 is 0 Å². The monoisotopic (exact) mass is 571 g/mol. The van der Waals surface area contributed by atoms with Gasteiger partial charge in [-0.05, 0) is 97.5 Å². The molecule has 5 rings (SSSR count). The van der Waals surface area contributed by atoms with Crippen molar-refractivity contribution in [2.24, 2.45) is 5.73 Å². The zero-order valence-electron chi connectivity index (χ0n) is 21.2. The van der Waals surface area contributed by atoms with Gasteiger partial charge in [-0.2, -0.15) is 5.26 Å². The second kappa shape index (κ2) is 10.5. The van der Waals surface area contributed by atoms with Crippen LogP contribution in [0.25, 0.3) is 0 Å². The van der Waals surface area contributed by atoms with Crippen LogP contribution in [0.2, 0.25) is 0 Å². The topological polar surface area (TPSA) is 79.4 Å². The lowest BCUT2D eigenvalue weighted by Crippen LogP contribution is -2.38. The maximum absolute atomic E-state index is 13.5. The molecule has 1 unspecified atom stereocenters. The third kappa shape index (κ3) is 4.72. The van der Waals surface area contributed by atoms with Crippen molar-refractivity contribution in [3.8, 4) is 11.8 Å². The van der Waals surface area contributed by atoms with Crippen LogP contribution in [0.5, 0.6) is 5.75 Å². The molecular formula is C31H27BrFN3O2. The van der Waals surface area contributed by atoms with E-state index in [0.717, 1.165) is 44.5 Å². The van der Waals surface area contributed by atoms with Crippen LogP contribution < -0.4 is 15.4 Å². The Kier molecular flexibility index (Phi) is 7.09. The van der Waals surface area contributed by atoms with E-state index in [1.165, 1.54) is 12.1 Å². The lowest BCUT2D eigenvalue weighted by molar-refractivity contribution is -0.116. The smallest absolute Gasteiger partial charge is 0.161 e. The van der Waals surface area contributed by atoms with Crippen LogP contribution in [-0.2, 0) is 11.4 Å². The van der Waals surface area contributed by atoms with Gasteiger partial charge in [-0.1, -0.05) is 28.1 Å². The highest BCUT2D eigenvalue weighted by atomic mass is 79.9. The van der Waals surface area contributed by atoms with Gasteiger partial charge in [-0.15, -0.1) is 0 Å². The summed E-state index contributed by atoms with van der Waals surface area (Å²) >= 11 is 3.47. The number of benzene rings is 3. The van der Waals surface area contributed by atoms with Crippen LogP contribution in [0.15, 0.2) is 87.8 Å². The predicted octanol–water partition coefficient (Wildman–Crippen LogP) is 7.09. The number of anilines is 1. The van der Waals surface area contributed by atoms with Gasteiger partial charge in [0.05, 0.1) is 17.6 Å². The highest BCUT2D eigenvalue weighted by molar-refractivity contribution is 9.10. The van der Waals surface area contributed by atoms with Crippen molar-refractivity contribution in [3.05, 3.63) is 116 Å². The van der Waals surface area contributed by atoms with Crippen LogP contribution in [-0.4, -0.2) is 5.78 Å². The summed E-state index contributed by atoms with van der Waals surface area (Å²) in [6, 6.07) is 20.0. The molecule has 7 heteroatoms. The molecule has 2 aliphatic rings. The van der Waals surface area contributed by atoms with E-state index in [2.05, 4.69) is 28.1 Å². The normalized spacial score (nSPS) is 17.4. The van der Waals surface area contributed by atoms with E-state index >= 15 is 0 Å². The van der Waals surface area contributed by atoms with Gasteiger partial charge in [0.25, 0.3) is 0 Å². The minimum atomic E-state index is -0.556. The second-order valence-electron chi connectivity index (χ2n) is 9.67. The summed E-state index contributed by atoms with van der Waals surface area (Å²) in [5.74, 6) is 0.0695. The lowest BCUT2D eigenvalue weighted by Gasteiger charge is -2.40. The molecule has 3 aromatic rings. The highest BCUT2D eigenvalue weighted by Gasteiger charge is 2.41. The number of carbonyl (C=O) groups excluding carboxylic acids is 1. The molecular weight excluding hydrogens is 545 g/mol. The fraction of sp³-hybridized carbons (Fsp3) is 0.226. The van der Waals surface area contributed by atoms with E-state index in [-0.39, 0.29) is 18.2 Å². The molecule has 1 aliphatic heterocycles. The third-order valence-electron chi connectivity index (χ3n) is 7.24. The number of nitrogens with two attached hydrogens (primary N) is 1. The van der Waals surface area contributed by atoms with Crippen LogP contribution in [0.4, 0.5) is 10.1 Å². The van der Waals surface area contributed by atoms with Crippen LogP contribution in [0, 0.1) is 31.0 Å². The largest absolute Gasteiger partial charge is 0.489 e. The van der Waals surface area contributed by atoms with E-state index < -0.39 is 5.92 Å². The van der Waals surface area contributed by atoms with Gasteiger partial charge in [0.1, 0.15) is 24.0 Å². The van der Waals surface area contributed by atoms with E-state index in [1.807, 2.05) is 49.1 Å². The maximum atomic E-state index is 13.5. The summed E-state index contributed by atoms with van der Waals surface area (Å²) in [4.78, 5) is 15.4. The third-order valence-corrected chi connectivity index (χ3v) is 7.77. The first-order chi connectivity index (χ1) is 18.3. The first-order valence-electron chi connectivity index (χ1n) is 12.5. The number of halogens is 2. The van der Waals surface area contributed by atoms with E-state index in [4.69, 9.17) is 10.5 Å². The lowest BCUT2D eigenvalue weighted by atomic mass is 9.74. The average Bonchev–Trinajstić information content (AvgIpc) is 2.90. The quantitative estimate of drug-likeness (QED) is 0.353. The minimum Gasteiger partial charge on any atom is -0.489 e. The second-order valence-corrected chi connectivity index (χ2v) is 10.6. The number of hydrogen-bond donors (Lipinski definition) is 1. The summed E-state index contributed by atoms with van der Waals surface area (Å²) < 4.78 is 20.2. The van der Waals surface area contributed by atoms with Crippen molar-refractivity contribution < 1.29 is 13.9 Å². The number of hydrogen-bond acceptors (Lipinski definition) is 5. The van der Waals surface area contributed by atoms with Crippen LogP contribution >= 0.6 is 15.9 Å². The predicted molar refractivity (Wildman–Crippen MR) is 149 cm³/mol. The maximum Gasteiger partial charge on any atom is 0.161 e. The van der Waals surface area contributed by atoms with Crippen molar-refractivity contribution in [1.29, 1.82) is 5.26 Å². The standard InChI is InChI=1S/C31H27BrFN3O2/c1-18-14-19(2)25(15-20(18)17-38-24-12-8-22(33)9-13-24)29-26(16-34)31(35)36(23-10-6-21(32)7-11-23)27-4-3-5-28(37)30(27)29/h6-15,29H,3-5,17,35H2,1-2H3. The summed E-state index contributed by atoms with van der Waals surface area (Å²) in [7, 11) is 0. The Morgan fingerprint density at radius 1 is 1.08 bits per heavy atom. The molecule has 3 aromatic carbocycles. The van der Waals surface area contributed by atoms with E-state index in [0.29, 0.717) is 35.6 Å². The molecule has 0 amide bonds. The molecule has 2 N–H and O–H groups in total. The number of Topliss-reactive ketones (excluding diaryl/α,β-unsaturated/α-hetero) is 1. The first kappa shape index (κ1) is 25.7. The van der Waals surface area contributed by atoms with Gasteiger partial charge in [0.15, 0.2) is 5.78 Å². The molecule has 0 radical (unpaired) electrons. The Bertz CT molecular complexity index is 1520. The number of aryl methyl sites for hydroxylation is 2. The van der Waals surface area contributed by atoms with E-state index in [9.17, 15) is 14.4 Å². The molecule has 1 heterocycles. The summed E-state index contributed by atoms with van der Waals surface area (Å²) in [6.07, 6.45) is 1.86. The molecule has 0 fully saturated rings. The molecule has 0 bridgehead atoms. The zero-order valence-corrected chi connectivity index (χ0v) is 22.8. The molecule has 0 saturated carbocycles. The van der Waals surface area contributed by atoms with Gasteiger partial charge in [-0.25, -0.2) is 4.39 Å². The summed E-state index contributed by atoms with van der Waals surface area (Å²) in [5, 5.41) is 10.4. The Balaban J connectivity index is 1.61. The molecule has 1 atom stereocenters. The van der Waals surface area contributed by atoms with Crippen LogP contribution in [0.1, 0.15) is 47.4 Å². The Labute approximate surface area is 230 Å². The van der Waals surface area contributed by atoms with Crippen molar-refractivity contribution >= 4 is 27.4 Å². The minimum absolute atomic E-state index is 0.0442. The van der Waals surface area contributed by atoms with Gasteiger partial charge in [0, 0.05) is 27.9 Å². The number of nitrogens with zero attached hydrogens (tertiary/aromatic N) is 2. The number of rotatable bonds is 5. The number of allylic oxidation sites excluding steroid dienone is 3. The molecule has 1 aliphatic carbocycles. The fourth-order valence-electron chi connectivity index (χ4n) is 5.36. The average molecular weight is 572 g/mol. The zero-order chi connectivity index (χ0) is 27.0. The first-order valence-corrected chi connectivity index (χ1v) is 13.3. The molecule has 0 spiro atoms.